The molecule has 90 valence electrons. The first kappa shape index (κ1) is 13.0. The highest BCUT2D eigenvalue weighted by molar-refractivity contribution is 5.06. The van der Waals surface area contributed by atoms with Crippen molar-refractivity contribution in [3.63, 3.8) is 0 Å². The number of rotatable bonds is 7. The van der Waals surface area contributed by atoms with E-state index in [-0.39, 0.29) is 0 Å². The zero-order chi connectivity index (χ0) is 12.0. The zero-order valence-corrected chi connectivity index (χ0v) is 10.7. The molecule has 0 aliphatic rings. The van der Waals surface area contributed by atoms with Crippen molar-refractivity contribution in [1.82, 2.24) is 15.1 Å². The smallest absolute Gasteiger partial charge is 0.0793 e. The van der Waals surface area contributed by atoms with Gasteiger partial charge >= 0.3 is 0 Å². The Balaban J connectivity index is 2.59. The van der Waals surface area contributed by atoms with Gasteiger partial charge in [-0.25, -0.2) is 0 Å². The summed E-state index contributed by atoms with van der Waals surface area (Å²) in [5.74, 6) is 0. The summed E-state index contributed by atoms with van der Waals surface area (Å²) >= 11 is 0. The molecule has 1 heterocycles. The maximum Gasteiger partial charge on any atom is 0.0793 e. The molecule has 0 fully saturated rings. The summed E-state index contributed by atoms with van der Waals surface area (Å²) in [5.41, 5.74) is 2.37. The molecule has 1 N–H and O–H groups in total. The number of nitrogens with zero attached hydrogens (tertiary/aromatic N) is 2. The van der Waals surface area contributed by atoms with Gasteiger partial charge in [-0.3, -0.25) is 4.68 Å². The van der Waals surface area contributed by atoms with Gasteiger partial charge in [0, 0.05) is 13.2 Å². The van der Waals surface area contributed by atoms with Crippen molar-refractivity contribution in [3.05, 3.63) is 30.1 Å². The summed E-state index contributed by atoms with van der Waals surface area (Å²) < 4.78 is 1.86. The first-order valence-electron chi connectivity index (χ1n) is 6.00. The van der Waals surface area contributed by atoms with Crippen LogP contribution in [0.2, 0.25) is 0 Å². The van der Waals surface area contributed by atoms with Gasteiger partial charge in [0.25, 0.3) is 0 Å². The summed E-state index contributed by atoms with van der Waals surface area (Å²) in [6, 6.07) is 2.45. The van der Waals surface area contributed by atoms with Gasteiger partial charge in [-0.05, 0) is 38.8 Å². The molecule has 0 aliphatic carbocycles. The first-order valence-corrected chi connectivity index (χ1v) is 6.00. The van der Waals surface area contributed by atoms with Crippen LogP contribution in [0.15, 0.2) is 24.4 Å². The van der Waals surface area contributed by atoms with E-state index >= 15 is 0 Å². The van der Waals surface area contributed by atoms with E-state index in [1.807, 2.05) is 17.9 Å². The van der Waals surface area contributed by atoms with Crippen LogP contribution in [0.3, 0.4) is 0 Å². The molecule has 1 rings (SSSR count). The molecule has 0 spiro atoms. The van der Waals surface area contributed by atoms with Crippen molar-refractivity contribution in [1.29, 1.82) is 0 Å². The minimum absolute atomic E-state index is 0.359. The Morgan fingerprint density at radius 3 is 2.88 bits per heavy atom. The average molecular weight is 221 g/mol. The summed E-state index contributed by atoms with van der Waals surface area (Å²) in [4.78, 5) is 0. The molecule has 1 atom stereocenters. The maximum atomic E-state index is 4.47. The second kappa shape index (κ2) is 6.48. The van der Waals surface area contributed by atoms with E-state index in [1.54, 1.807) is 0 Å². The second-order valence-electron chi connectivity index (χ2n) is 4.42. The van der Waals surface area contributed by atoms with E-state index in [0.717, 1.165) is 31.5 Å². The van der Waals surface area contributed by atoms with E-state index in [1.165, 1.54) is 5.57 Å². The van der Waals surface area contributed by atoms with E-state index in [2.05, 4.69) is 36.9 Å². The van der Waals surface area contributed by atoms with E-state index in [9.17, 15) is 0 Å². The van der Waals surface area contributed by atoms with E-state index < -0.39 is 0 Å². The van der Waals surface area contributed by atoms with E-state index in [4.69, 9.17) is 0 Å². The van der Waals surface area contributed by atoms with Crippen molar-refractivity contribution < 1.29 is 0 Å². The van der Waals surface area contributed by atoms with Crippen LogP contribution >= 0.6 is 0 Å². The number of hydrogen-bond donors (Lipinski definition) is 1. The predicted molar refractivity (Wildman–Crippen MR) is 68.3 cm³/mol. The number of allylic oxidation sites excluding steroid dienone is 1. The first-order chi connectivity index (χ1) is 7.63. The number of hydrogen-bond acceptors (Lipinski definition) is 2. The van der Waals surface area contributed by atoms with Crippen molar-refractivity contribution in [2.75, 3.05) is 6.54 Å². The highest BCUT2D eigenvalue weighted by Crippen LogP contribution is 2.18. The third kappa shape index (κ3) is 4.19. The maximum absolute atomic E-state index is 4.47. The Morgan fingerprint density at radius 2 is 2.38 bits per heavy atom. The largest absolute Gasteiger partial charge is 0.309 e. The summed E-state index contributed by atoms with van der Waals surface area (Å²) in [7, 11) is 1.96. The van der Waals surface area contributed by atoms with Gasteiger partial charge in [-0.2, -0.15) is 5.10 Å². The highest BCUT2D eigenvalue weighted by atomic mass is 15.3. The van der Waals surface area contributed by atoms with Gasteiger partial charge < -0.3 is 5.32 Å². The Hall–Kier alpha value is -1.09. The molecule has 0 aliphatic heterocycles. The topological polar surface area (TPSA) is 29.9 Å². The minimum atomic E-state index is 0.359. The lowest BCUT2D eigenvalue weighted by Crippen LogP contribution is -2.22. The van der Waals surface area contributed by atoms with Gasteiger partial charge in [0.1, 0.15) is 0 Å². The minimum Gasteiger partial charge on any atom is -0.309 e. The van der Waals surface area contributed by atoms with Crippen LogP contribution in [-0.2, 0) is 7.05 Å². The molecule has 16 heavy (non-hydrogen) atoms. The lowest BCUT2D eigenvalue weighted by molar-refractivity contribution is 0.483. The standard InChI is InChI=1S/C13H23N3/c1-5-9-14-12(7-6-11(2)3)13-8-10-16(4)15-13/h8,10,12,14H,2,5-7,9H2,1,3-4H3. The highest BCUT2D eigenvalue weighted by Gasteiger charge is 2.12. The number of nitrogens with one attached hydrogen (secondary N) is 1. The molecular formula is C13H23N3. The molecule has 1 aromatic heterocycles. The predicted octanol–water partition coefficient (Wildman–Crippen LogP) is 2.82. The van der Waals surface area contributed by atoms with Gasteiger partial charge in [-0.15, -0.1) is 6.58 Å². The van der Waals surface area contributed by atoms with Gasteiger partial charge in [0.05, 0.1) is 11.7 Å². The number of aromatic nitrogens is 2. The number of aryl methyl sites for hydroxylation is 1. The molecular weight excluding hydrogens is 198 g/mol. The third-order valence-corrected chi connectivity index (χ3v) is 2.59. The quantitative estimate of drug-likeness (QED) is 0.718. The Labute approximate surface area is 98.5 Å². The second-order valence-corrected chi connectivity index (χ2v) is 4.42. The fourth-order valence-corrected chi connectivity index (χ4v) is 1.68. The Kier molecular flexibility index (Phi) is 5.26. The summed E-state index contributed by atoms with van der Waals surface area (Å²) in [6.45, 7) is 9.25. The monoisotopic (exact) mass is 221 g/mol. The van der Waals surface area contributed by atoms with Crippen molar-refractivity contribution in [2.24, 2.45) is 7.05 Å². The Morgan fingerprint density at radius 1 is 1.62 bits per heavy atom. The summed E-state index contributed by atoms with van der Waals surface area (Å²) in [6.07, 6.45) is 5.28. The Bertz CT molecular complexity index is 328. The fraction of sp³-hybridized carbons (Fsp3) is 0.615. The molecule has 0 amide bonds. The van der Waals surface area contributed by atoms with Crippen molar-refractivity contribution >= 4 is 0 Å². The lowest BCUT2D eigenvalue weighted by atomic mass is 10.0. The summed E-state index contributed by atoms with van der Waals surface area (Å²) in [5, 5.41) is 8.00. The van der Waals surface area contributed by atoms with Crippen LogP contribution < -0.4 is 5.32 Å². The zero-order valence-electron chi connectivity index (χ0n) is 10.7. The normalized spacial score (nSPS) is 12.7. The molecule has 0 radical (unpaired) electrons. The molecule has 3 heteroatoms. The molecule has 1 aromatic rings. The van der Waals surface area contributed by atoms with Crippen molar-refractivity contribution in [3.8, 4) is 0 Å². The molecule has 0 saturated carbocycles. The lowest BCUT2D eigenvalue weighted by Gasteiger charge is -2.16. The SMILES string of the molecule is C=C(C)CCC(NCCC)c1ccn(C)n1. The van der Waals surface area contributed by atoms with Crippen LogP contribution in [0.5, 0.6) is 0 Å². The van der Waals surface area contributed by atoms with Gasteiger partial charge in [0.2, 0.25) is 0 Å². The molecule has 1 unspecified atom stereocenters. The van der Waals surface area contributed by atoms with E-state index in [0.29, 0.717) is 6.04 Å². The molecule has 3 nitrogen and oxygen atoms in total. The van der Waals surface area contributed by atoms with Crippen LogP contribution in [-0.4, -0.2) is 16.3 Å². The molecule has 0 aromatic carbocycles. The van der Waals surface area contributed by atoms with Gasteiger partial charge in [-0.1, -0.05) is 12.5 Å². The molecule has 0 saturated heterocycles. The third-order valence-electron chi connectivity index (χ3n) is 2.59. The average Bonchev–Trinajstić information content (AvgIpc) is 2.64. The van der Waals surface area contributed by atoms with Gasteiger partial charge in [0.15, 0.2) is 0 Å². The fourth-order valence-electron chi connectivity index (χ4n) is 1.68. The van der Waals surface area contributed by atoms with Crippen LogP contribution in [0.25, 0.3) is 0 Å². The van der Waals surface area contributed by atoms with Crippen LogP contribution in [0.4, 0.5) is 0 Å². The van der Waals surface area contributed by atoms with Crippen LogP contribution in [0, 0.1) is 0 Å². The van der Waals surface area contributed by atoms with Crippen LogP contribution in [0.1, 0.15) is 44.8 Å². The molecule has 0 bridgehead atoms. The van der Waals surface area contributed by atoms with Crippen molar-refractivity contribution in [2.45, 2.75) is 39.2 Å².